The molecular formula is C19H36N2OS. The lowest BCUT2D eigenvalue weighted by molar-refractivity contribution is 0.312. The molecule has 0 fully saturated rings. The number of hydrogen-bond donors (Lipinski definition) is 2. The molecule has 23 heavy (non-hydrogen) atoms. The van der Waals surface area contributed by atoms with Gasteiger partial charge < -0.3 is 15.3 Å². The Labute approximate surface area is 148 Å². The van der Waals surface area contributed by atoms with E-state index in [2.05, 4.69) is 37.2 Å². The van der Waals surface area contributed by atoms with E-state index in [9.17, 15) is 0 Å². The van der Waals surface area contributed by atoms with Crippen LogP contribution in [0.15, 0.2) is 36.7 Å². The molecular weight excluding hydrogens is 304 g/mol. The van der Waals surface area contributed by atoms with Crippen LogP contribution in [0.4, 0.5) is 0 Å². The van der Waals surface area contributed by atoms with E-state index in [0.717, 1.165) is 19.4 Å². The molecule has 0 aromatic heterocycles. The molecule has 0 spiro atoms. The fraction of sp³-hybridized carbons (Fsp3) is 0.579. The van der Waals surface area contributed by atoms with Crippen LogP contribution in [0.25, 0.3) is 0 Å². The van der Waals surface area contributed by atoms with E-state index in [1.807, 2.05) is 44.7 Å². The Kier molecular flexibility index (Phi) is 17.8. The lowest BCUT2D eigenvalue weighted by Crippen LogP contribution is -2.31. The topological polar surface area (TPSA) is 35.5 Å². The molecule has 0 radical (unpaired) electrons. The number of benzene rings is 1. The van der Waals surface area contributed by atoms with E-state index >= 15 is 0 Å². The van der Waals surface area contributed by atoms with Gasteiger partial charge in [-0.3, -0.25) is 0 Å². The van der Waals surface area contributed by atoms with Crippen LogP contribution in [0.5, 0.6) is 5.75 Å². The summed E-state index contributed by atoms with van der Waals surface area (Å²) in [7, 11) is 0. The molecule has 2 N–H and O–H groups in total. The Bertz CT molecular complexity index is 379. The Morgan fingerprint density at radius 2 is 1.65 bits per heavy atom. The van der Waals surface area contributed by atoms with Crippen LogP contribution in [0.2, 0.25) is 0 Å². The number of aromatic hydroxyl groups is 1. The van der Waals surface area contributed by atoms with Gasteiger partial charge in [0.05, 0.1) is 6.17 Å². The van der Waals surface area contributed by atoms with Crippen molar-refractivity contribution in [2.45, 2.75) is 53.6 Å². The maximum Gasteiger partial charge on any atom is 0.115 e. The molecule has 1 aromatic rings. The summed E-state index contributed by atoms with van der Waals surface area (Å²) in [5, 5.41) is 12.1. The Balaban J connectivity index is 0. The first-order valence-corrected chi connectivity index (χ1v) is 10.1. The van der Waals surface area contributed by atoms with E-state index < -0.39 is 0 Å². The van der Waals surface area contributed by atoms with Crippen molar-refractivity contribution in [1.29, 1.82) is 0 Å². The smallest absolute Gasteiger partial charge is 0.115 e. The van der Waals surface area contributed by atoms with Crippen molar-refractivity contribution >= 4 is 11.8 Å². The Morgan fingerprint density at radius 3 is 1.96 bits per heavy atom. The zero-order valence-electron chi connectivity index (χ0n) is 16.0. The van der Waals surface area contributed by atoms with E-state index in [4.69, 9.17) is 5.11 Å². The first kappa shape index (κ1) is 24.0. The summed E-state index contributed by atoms with van der Waals surface area (Å²) in [6, 6.07) is 7.37. The highest BCUT2D eigenvalue weighted by atomic mass is 32.2. The molecule has 1 atom stereocenters. The van der Waals surface area contributed by atoms with Crippen LogP contribution in [-0.2, 0) is 6.42 Å². The number of thioether (sulfide) groups is 1. The number of nitrogens with one attached hydrogen (secondary N) is 1. The molecule has 1 aromatic carbocycles. The van der Waals surface area contributed by atoms with Crippen LogP contribution >= 0.6 is 11.8 Å². The summed E-state index contributed by atoms with van der Waals surface area (Å²) in [6.45, 7) is 11.5. The zero-order chi connectivity index (χ0) is 18.1. The first-order chi connectivity index (χ1) is 11.1. The second-order valence-electron chi connectivity index (χ2n) is 4.81. The zero-order valence-corrected chi connectivity index (χ0v) is 16.8. The molecule has 3 nitrogen and oxygen atoms in total. The maximum absolute atomic E-state index is 8.92. The van der Waals surface area contributed by atoms with Gasteiger partial charge in [-0.05, 0) is 50.5 Å². The van der Waals surface area contributed by atoms with Gasteiger partial charge >= 0.3 is 0 Å². The minimum absolute atomic E-state index is 0.347. The standard InChI is InChI=1S/C9H12O.C6H12N2.C2H6S.C2H6/c1-2-3-8-4-6-9(10)7-5-8;1-3-8-5-4-7-6(8)2;1-3-2;1-2/h4-7,10H,2-3H2,1H3;4-7H,3H2,1-2H3;1-2H3;1-2H3. The third kappa shape index (κ3) is 12.9. The van der Waals surface area contributed by atoms with Crippen LogP contribution in [0.3, 0.4) is 0 Å². The van der Waals surface area contributed by atoms with E-state index in [-0.39, 0.29) is 0 Å². The molecule has 134 valence electrons. The second kappa shape index (κ2) is 17.1. The quantitative estimate of drug-likeness (QED) is 0.804. The number of aryl methyl sites for hydroxylation is 1. The van der Waals surface area contributed by atoms with Crippen LogP contribution < -0.4 is 5.32 Å². The summed E-state index contributed by atoms with van der Waals surface area (Å²) in [5.41, 5.74) is 1.29. The largest absolute Gasteiger partial charge is 0.508 e. The second-order valence-corrected chi connectivity index (χ2v) is 5.63. The molecule has 1 aliphatic rings. The van der Waals surface area contributed by atoms with Gasteiger partial charge in [-0.1, -0.05) is 39.3 Å². The average Bonchev–Trinajstić information content (AvgIpc) is 2.98. The van der Waals surface area contributed by atoms with Crippen LogP contribution in [-0.4, -0.2) is 35.2 Å². The third-order valence-electron chi connectivity index (χ3n) is 2.94. The molecule has 4 heteroatoms. The predicted molar refractivity (Wildman–Crippen MR) is 107 cm³/mol. The molecule has 0 saturated heterocycles. The summed E-state index contributed by atoms with van der Waals surface area (Å²) in [6.07, 6.45) is 10.9. The van der Waals surface area contributed by atoms with Crippen molar-refractivity contribution < 1.29 is 5.11 Å². The van der Waals surface area contributed by atoms with Gasteiger partial charge in [0.25, 0.3) is 0 Å². The molecule has 1 aliphatic heterocycles. The van der Waals surface area contributed by atoms with Gasteiger partial charge in [-0.25, -0.2) is 0 Å². The van der Waals surface area contributed by atoms with Crippen molar-refractivity contribution in [1.82, 2.24) is 10.2 Å². The summed E-state index contributed by atoms with van der Waals surface area (Å²) in [4.78, 5) is 2.24. The number of phenolic OH excluding ortho intramolecular Hbond substituents is 1. The van der Waals surface area contributed by atoms with Gasteiger partial charge in [0.1, 0.15) is 5.75 Å². The van der Waals surface area contributed by atoms with Crippen molar-refractivity contribution in [2.75, 3.05) is 19.1 Å². The fourth-order valence-electron chi connectivity index (χ4n) is 1.83. The van der Waals surface area contributed by atoms with E-state index in [1.54, 1.807) is 23.9 Å². The molecule has 0 amide bonds. The predicted octanol–water partition coefficient (Wildman–Crippen LogP) is 5.08. The van der Waals surface area contributed by atoms with Gasteiger partial charge in [0, 0.05) is 18.9 Å². The maximum atomic E-state index is 8.92. The minimum Gasteiger partial charge on any atom is -0.508 e. The van der Waals surface area contributed by atoms with Crippen molar-refractivity contribution in [3.05, 3.63) is 42.2 Å². The molecule has 0 bridgehead atoms. The number of hydrogen-bond acceptors (Lipinski definition) is 4. The first-order valence-electron chi connectivity index (χ1n) is 8.45. The molecule has 0 saturated carbocycles. The normalized spacial score (nSPS) is 14.4. The lowest BCUT2D eigenvalue weighted by atomic mass is 10.1. The highest BCUT2D eigenvalue weighted by Crippen LogP contribution is 2.10. The summed E-state index contributed by atoms with van der Waals surface area (Å²) >= 11 is 1.75. The van der Waals surface area contributed by atoms with Crippen molar-refractivity contribution in [2.24, 2.45) is 0 Å². The van der Waals surface area contributed by atoms with Crippen LogP contribution in [0.1, 0.15) is 46.6 Å². The van der Waals surface area contributed by atoms with Crippen LogP contribution in [0, 0.1) is 0 Å². The lowest BCUT2D eigenvalue weighted by Gasteiger charge is -2.19. The number of rotatable bonds is 3. The minimum atomic E-state index is 0.347. The Hall–Kier alpha value is -1.29. The van der Waals surface area contributed by atoms with Crippen molar-refractivity contribution in [3.63, 3.8) is 0 Å². The van der Waals surface area contributed by atoms with E-state index in [1.165, 1.54) is 5.56 Å². The van der Waals surface area contributed by atoms with Gasteiger partial charge in [0.15, 0.2) is 0 Å². The molecule has 1 unspecified atom stereocenters. The average molecular weight is 341 g/mol. The third-order valence-corrected chi connectivity index (χ3v) is 2.94. The molecule has 0 aliphatic carbocycles. The van der Waals surface area contributed by atoms with Gasteiger partial charge in [0.2, 0.25) is 0 Å². The highest BCUT2D eigenvalue weighted by molar-refractivity contribution is 7.97. The summed E-state index contributed by atoms with van der Waals surface area (Å²) < 4.78 is 0. The van der Waals surface area contributed by atoms with E-state index in [0.29, 0.717) is 11.9 Å². The fourth-order valence-corrected chi connectivity index (χ4v) is 1.83. The number of phenols is 1. The van der Waals surface area contributed by atoms with Gasteiger partial charge in [-0.15, -0.1) is 0 Å². The SMILES string of the molecule is CC.CCCc1ccc(O)cc1.CCN1C=CNC1C.CSC. The molecule has 1 heterocycles. The monoisotopic (exact) mass is 340 g/mol. The highest BCUT2D eigenvalue weighted by Gasteiger charge is 2.08. The van der Waals surface area contributed by atoms with Gasteiger partial charge in [-0.2, -0.15) is 11.8 Å². The number of nitrogens with zero attached hydrogens (tertiary/aromatic N) is 1. The summed E-state index contributed by atoms with van der Waals surface area (Å²) in [5.74, 6) is 0.347. The Morgan fingerprint density at radius 1 is 1.13 bits per heavy atom. The molecule has 2 rings (SSSR count). The van der Waals surface area contributed by atoms with Crippen molar-refractivity contribution in [3.8, 4) is 5.75 Å².